The van der Waals surface area contributed by atoms with Gasteiger partial charge in [-0.25, -0.2) is 9.13 Å². The van der Waals surface area contributed by atoms with Crippen LogP contribution in [0, 0.1) is 0 Å². The maximum Gasteiger partial charge on any atom is 0.472 e. The van der Waals surface area contributed by atoms with Crippen molar-refractivity contribution < 1.29 is 80.2 Å². The molecule has 0 saturated carbocycles. The van der Waals surface area contributed by atoms with Crippen LogP contribution in [0.5, 0.6) is 0 Å². The van der Waals surface area contributed by atoms with E-state index in [9.17, 15) is 43.2 Å². The molecule has 2 unspecified atom stereocenters. The molecule has 17 nitrogen and oxygen atoms in total. The van der Waals surface area contributed by atoms with E-state index in [0.717, 1.165) is 89.9 Å². The molecule has 0 spiro atoms. The van der Waals surface area contributed by atoms with Gasteiger partial charge in [-0.05, 0) is 25.7 Å². The first-order valence-corrected chi connectivity index (χ1v) is 36.3. The van der Waals surface area contributed by atoms with Crippen LogP contribution in [0.15, 0.2) is 0 Å². The van der Waals surface area contributed by atoms with E-state index in [1.54, 1.807) is 0 Å². The number of carbonyl (C=O) groups is 4. The van der Waals surface area contributed by atoms with Crippen molar-refractivity contribution in [3.05, 3.63) is 0 Å². The van der Waals surface area contributed by atoms with E-state index in [1.165, 1.54) is 154 Å². The molecule has 0 amide bonds. The maximum absolute atomic E-state index is 13.0. The van der Waals surface area contributed by atoms with Crippen molar-refractivity contribution in [1.82, 2.24) is 0 Å². The quantitative estimate of drug-likeness (QED) is 0.0222. The summed E-state index contributed by atoms with van der Waals surface area (Å²) in [5.41, 5.74) is 0. The Morgan fingerprint density at radius 1 is 0.293 bits per heavy atom. The van der Waals surface area contributed by atoms with Crippen molar-refractivity contribution in [2.45, 2.75) is 341 Å². The number of phosphoric acid groups is 2. The van der Waals surface area contributed by atoms with Gasteiger partial charge in [-0.1, -0.05) is 272 Å². The van der Waals surface area contributed by atoms with E-state index >= 15 is 0 Å². The third-order valence-electron chi connectivity index (χ3n) is 14.6. The minimum absolute atomic E-state index is 0.107. The molecular formula is C63H122O17P2. The van der Waals surface area contributed by atoms with Gasteiger partial charge in [-0.3, -0.25) is 37.3 Å². The van der Waals surface area contributed by atoms with E-state index in [1.807, 2.05) is 0 Å². The molecule has 0 aromatic carbocycles. The first-order valence-electron chi connectivity index (χ1n) is 33.3. The fraction of sp³-hybridized carbons (Fsp3) is 0.937. The van der Waals surface area contributed by atoms with Crippen molar-refractivity contribution >= 4 is 39.5 Å². The van der Waals surface area contributed by atoms with Crippen molar-refractivity contribution in [1.29, 1.82) is 0 Å². The molecule has 5 atom stereocenters. The third-order valence-corrected chi connectivity index (χ3v) is 16.5. The van der Waals surface area contributed by atoms with Crippen molar-refractivity contribution in [3.63, 3.8) is 0 Å². The van der Waals surface area contributed by atoms with Crippen molar-refractivity contribution in [2.24, 2.45) is 0 Å². The van der Waals surface area contributed by atoms with Crippen LogP contribution in [0.1, 0.15) is 323 Å². The lowest BCUT2D eigenvalue weighted by atomic mass is 10.1. The summed E-state index contributed by atoms with van der Waals surface area (Å²) < 4.78 is 67.9. The van der Waals surface area contributed by atoms with E-state index in [-0.39, 0.29) is 25.7 Å². The molecule has 0 radical (unpaired) electrons. The van der Waals surface area contributed by atoms with Crippen molar-refractivity contribution in [3.8, 4) is 0 Å². The van der Waals surface area contributed by atoms with E-state index in [2.05, 4.69) is 27.7 Å². The lowest BCUT2D eigenvalue weighted by molar-refractivity contribution is -0.161. The molecule has 0 aromatic rings. The largest absolute Gasteiger partial charge is 0.472 e. The number of hydrogen-bond acceptors (Lipinski definition) is 15. The zero-order chi connectivity index (χ0) is 60.5. The molecule has 0 aliphatic heterocycles. The second-order valence-corrected chi connectivity index (χ2v) is 25.7. The van der Waals surface area contributed by atoms with Gasteiger partial charge >= 0.3 is 39.5 Å². The number of carbonyl (C=O) groups excluding carboxylic acids is 4. The molecule has 0 heterocycles. The minimum Gasteiger partial charge on any atom is -0.462 e. The standard InChI is InChI=1S/C63H122O17P2/c1-5-9-13-17-21-25-29-33-36-40-44-48-61(66)74-54-59(80-63(68)50-46-42-38-34-30-26-22-18-14-10-6-2)56-78-82(71,72)76-52-57(64)51-75-81(69,70)77-55-58(79-62(67)49-45-41-37-32-28-24-20-16-12-8-4)53-73-60(65)47-43-39-35-31-27-23-19-15-11-7-3/h57-59,64H,5-56H2,1-4H3,(H,69,70)(H,71,72)/t57-,58+,59+/m0/s1. The van der Waals surface area contributed by atoms with Gasteiger partial charge in [-0.2, -0.15) is 0 Å². The fourth-order valence-electron chi connectivity index (χ4n) is 9.46. The van der Waals surface area contributed by atoms with Gasteiger partial charge in [0.1, 0.15) is 19.3 Å². The second-order valence-electron chi connectivity index (χ2n) is 22.8. The zero-order valence-electron chi connectivity index (χ0n) is 52.5. The predicted octanol–water partition coefficient (Wildman–Crippen LogP) is 17.5. The number of phosphoric ester groups is 2. The molecule has 82 heavy (non-hydrogen) atoms. The summed E-state index contributed by atoms with van der Waals surface area (Å²) in [6, 6.07) is 0. The topological polar surface area (TPSA) is 237 Å². The Morgan fingerprint density at radius 3 is 0.720 bits per heavy atom. The van der Waals surface area contributed by atoms with E-state index in [0.29, 0.717) is 25.7 Å². The second kappa shape index (κ2) is 58.1. The number of unbranched alkanes of at least 4 members (excludes halogenated alkanes) is 38. The highest BCUT2D eigenvalue weighted by atomic mass is 31.2. The van der Waals surface area contributed by atoms with Crippen molar-refractivity contribution in [2.75, 3.05) is 39.6 Å². The summed E-state index contributed by atoms with van der Waals surface area (Å²) in [5.74, 6) is -2.13. The molecule has 19 heteroatoms. The molecule has 0 fully saturated rings. The molecule has 0 aliphatic rings. The highest BCUT2D eigenvalue weighted by Crippen LogP contribution is 2.45. The van der Waals surface area contributed by atoms with Gasteiger partial charge in [0.25, 0.3) is 0 Å². The normalized spacial score (nSPS) is 14.2. The third kappa shape index (κ3) is 57.2. The average molecular weight is 1210 g/mol. The summed E-state index contributed by atoms with van der Waals surface area (Å²) in [6.07, 6.45) is 42.9. The number of esters is 4. The fourth-order valence-corrected chi connectivity index (χ4v) is 11.0. The molecule has 0 aromatic heterocycles. The average Bonchev–Trinajstić information content (AvgIpc) is 3.46. The molecule has 0 aliphatic carbocycles. The SMILES string of the molecule is CCCCCCCCCCCCCC(=O)OC[C@H](COP(=O)(O)OC[C@@H](O)COP(=O)(O)OC[C@@H](COC(=O)CCCCCCCCCCCC)OC(=O)CCCCCCCCCCCC)OC(=O)CCCCCCCCCCCCC. The Hall–Kier alpha value is -1.94. The molecule has 0 rings (SSSR count). The molecule has 3 N–H and O–H groups in total. The predicted molar refractivity (Wildman–Crippen MR) is 326 cm³/mol. The maximum atomic E-state index is 13.0. The Morgan fingerprint density at radius 2 is 0.488 bits per heavy atom. The summed E-state index contributed by atoms with van der Waals surface area (Å²) in [4.78, 5) is 72.1. The highest BCUT2D eigenvalue weighted by molar-refractivity contribution is 7.47. The Kier molecular flexibility index (Phi) is 56.7. The Balaban J connectivity index is 5.23. The zero-order valence-corrected chi connectivity index (χ0v) is 54.2. The summed E-state index contributed by atoms with van der Waals surface area (Å²) in [7, 11) is -9.88. The number of aliphatic hydroxyl groups excluding tert-OH is 1. The molecule has 486 valence electrons. The monoisotopic (exact) mass is 1210 g/mol. The van der Waals surface area contributed by atoms with Crippen LogP contribution in [0.25, 0.3) is 0 Å². The number of hydrogen-bond donors (Lipinski definition) is 3. The number of rotatable bonds is 64. The van der Waals surface area contributed by atoms with Gasteiger partial charge in [0, 0.05) is 25.7 Å². The Labute approximate surface area is 498 Å². The highest BCUT2D eigenvalue weighted by Gasteiger charge is 2.30. The van der Waals surface area contributed by atoms with Crippen LogP contribution >= 0.6 is 15.6 Å². The van der Waals surface area contributed by atoms with Crippen LogP contribution in [0.4, 0.5) is 0 Å². The lowest BCUT2D eigenvalue weighted by Crippen LogP contribution is -2.30. The lowest BCUT2D eigenvalue weighted by Gasteiger charge is -2.21. The van der Waals surface area contributed by atoms with Crippen LogP contribution in [0.2, 0.25) is 0 Å². The van der Waals surface area contributed by atoms with E-state index < -0.39 is 97.5 Å². The smallest absolute Gasteiger partial charge is 0.462 e. The minimum atomic E-state index is -4.94. The van der Waals surface area contributed by atoms with Crippen LogP contribution < -0.4 is 0 Å². The Bertz CT molecular complexity index is 1590. The number of aliphatic hydroxyl groups is 1. The first kappa shape index (κ1) is 80.1. The van der Waals surface area contributed by atoms with Gasteiger partial charge in [0.2, 0.25) is 0 Å². The number of ether oxygens (including phenoxy) is 4. The first-order chi connectivity index (χ1) is 39.7. The van der Waals surface area contributed by atoms with Crippen LogP contribution in [-0.2, 0) is 65.4 Å². The summed E-state index contributed by atoms with van der Waals surface area (Å²) >= 11 is 0. The van der Waals surface area contributed by atoms with Crippen LogP contribution in [-0.4, -0.2) is 96.7 Å². The van der Waals surface area contributed by atoms with Crippen LogP contribution in [0.3, 0.4) is 0 Å². The van der Waals surface area contributed by atoms with Gasteiger partial charge in [0.15, 0.2) is 12.2 Å². The summed E-state index contributed by atoms with van der Waals surface area (Å²) in [5, 5.41) is 10.5. The molecule has 0 bridgehead atoms. The molecule has 0 saturated heterocycles. The van der Waals surface area contributed by atoms with Gasteiger partial charge < -0.3 is 33.8 Å². The molecular weight excluding hydrogens is 1090 g/mol. The van der Waals surface area contributed by atoms with E-state index in [4.69, 9.17) is 37.0 Å². The van der Waals surface area contributed by atoms with Gasteiger partial charge in [-0.15, -0.1) is 0 Å². The summed E-state index contributed by atoms with van der Waals surface area (Å²) in [6.45, 7) is 4.87. The van der Waals surface area contributed by atoms with Gasteiger partial charge in [0.05, 0.1) is 26.4 Å².